The zero-order valence-electron chi connectivity index (χ0n) is 23.0. The molecule has 5 aliphatic heterocycles. The number of fused-ring (bicyclic) bond motifs is 2. The number of carbonyl (C=O) groups excluding carboxylic acids is 1. The van der Waals surface area contributed by atoms with Crippen LogP contribution in [0.4, 0.5) is 0 Å². The van der Waals surface area contributed by atoms with Gasteiger partial charge in [-0.2, -0.15) is 0 Å². The van der Waals surface area contributed by atoms with Crippen molar-refractivity contribution in [1.82, 2.24) is 19.9 Å². The molecule has 0 unspecified atom stereocenters. The summed E-state index contributed by atoms with van der Waals surface area (Å²) in [6, 6.07) is 7.50. The first-order valence-corrected chi connectivity index (χ1v) is 14.5. The molecule has 39 heavy (non-hydrogen) atoms. The second-order valence-electron chi connectivity index (χ2n) is 12.3. The van der Waals surface area contributed by atoms with Crippen molar-refractivity contribution in [1.29, 1.82) is 0 Å². The Balaban J connectivity index is 1.03. The average molecular weight is 539 g/mol. The molecule has 6 heterocycles. The lowest BCUT2D eigenvalue weighted by Crippen LogP contribution is -2.70. The van der Waals surface area contributed by atoms with Crippen LogP contribution in [0.1, 0.15) is 75.3 Å². The fourth-order valence-electron chi connectivity index (χ4n) is 7.58. The van der Waals surface area contributed by atoms with Crippen molar-refractivity contribution in [2.75, 3.05) is 13.1 Å². The van der Waals surface area contributed by atoms with Gasteiger partial charge in [-0.25, -0.2) is 14.5 Å². The molecule has 1 aliphatic carbocycles. The molecule has 1 amide bonds. The summed E-state index contributed by atoms with van der Waals surface area (Å²) < 4.78 is 21.0. The minimum atomic E-state index is -0.806. The van der Waals surface area contributed by atoms with Crippen LogP contribution in [0.25, 0.3) is 5.69 Å². The normalized spacial score (nSPS) is 39.4. The van der Waals surface area contributed by atoms with Crippen LogP contribution in [0.2, 0.25) is 0 Å². The third kappa shape index (κ3) is 4.23. The lowest BCUT2D eigenvalue weighted by atomic mass is 9.58. The third-order valence-corrected chi connectivity index (χ3v) is 9.81. The van der Waals surface area contributed by atoms with Crippen LogP contribution in [-0.4, -0.2) is 62.9 Å². The number of amides is 1. The predicted octanol–water partition coefficient (Wildman–Crippen LogP) is 4.23. The van der Waals surface area contributed by atoms with Crippen LogP contribution in [-0.2, 0) is 30.6 Å². The second kappa shape index (κ2) is 9.62. The number of aromatic nitrogens is 3. The minimum absolute atomic E-state index is 0.0886. The van der Waals surface area contributed by atoms with Gasteiger partial charge in [0.25, 0.3) is 5.91 Å². The van der Waals surface area contributed by atoms with Gasteiger partial charge in [0.1, 0.15) is 5.69 Å². The molecule has 1 aromatic carbocycles. The van der Waals surface area contributed by atoms with Crippen LogP contribution in [0.5, 0.6) is 0 Å². The quantitative estimate of drug-likeness (QED) is 0.522. The van der Waals surface area contributed by atoms with Gasteiger partial charge < -0.3 is 19.1 Å². The maximum atomic E-state index is 12.6. The number of hydrogen-bond donors (Lipinski definition) is 0. The zero-order valence-corrected chi connectivity index (χ0v) is 23.0. The highest BCUT2D eigenvalue weighted by Gasteiger charge is 2.69. The van der Waals surface area contributed by atoms with Gasteiger partial charge in [-0.15, -0.1) is 5.10 Å². The lowest BCUT2D eigenvalue weighted by molar-refractivity contribution is -0.577. The molecule has 210 valence electrons. The number of carbonyl (C=O) groups is 1. The maximum Gasteiger partial charge on any atom is 0.253 e. The number of ether oxygens (including phenoxy) is 3. The molecule has 8 atom stereocenters. The molecule has 2 bridgehead atoms. The Morgan fingerprint density at radius 1 is 1.08 bits per heavy atom. The molecule has 8 rings (SSSR count). The summed E-state index contributed by atoms with van der Waals surface area (Å²) in [6.07, 6.45) is 6.99. The van der Waals surface area contributed by atoms with Crippen LogP contribution < -0.4 is 0 Å². The van der Waals surface area contributed by atoms with E-state index in [2.05, 4.69) is 24.2 Å². The van der Waals surface area contributed by atoms with Crippen molar-refractivity contribution < 1.29 is 28.8 Å². The summed E-state index contributed by atoms with van der Waals surface area (Å²) in [5, 5.41) is 8.61. The first-order chi connectivity index (χ1) is 18.9. The fraction of sp³-hybridized carbons (Fsp3) is 0.690. The topological polar surface area (TPSA) is 97.2 Å². The van der Waals surface area contributed by atoms with Gasteiger partial charge in [0.05, 0.1) is 18.5 Å². The van der Waals surface area contributed by atoms with E-state index < -0.39 is 24.0 Å². The van der Waals surface area contributed by atoms with Crippen molar-refractivity contribution in [3.63, 3.8) is 0 Å². The molecule has 0 N–H and O–H groups in total. The molecule has 1 spiro atoms. The van der Waals surface area contributed by atoms with Gasteiger partial charge in [0.15, 0.2) is 18.2 Å². The van der Waals surface area contributed by atoms with Gasteiger partial charge in [0.2, 0.25) is 5.79 Å². The van der Waals surface area contributed by atoms with Gasteiger partial charge in [-0.1, -0.05) is 19.1 Å². The molecule has 1 saturated carbocycles. The van der Waals surface area contributed by atoms with E-state index in [4.69, 9.17) is 24.0 Å². The second-order valence-corrected chi connectivity index (χ2v) is 12.3. The predicted molar refractivity (Wildman–Crippen MR) is 138 cm³/mol. The SMILES string of the molecule is C[C@H]1[C@@H](OCc2cn(-c3ccc(C(=O)N4CCCC4)cc3)nn2)O[C@@H]2O[C@@]3(C)CC[C@H]4[C@H](C)CC[C@@H]1[C@@]24OO3. The largest absolute Gasteiger partial charge is 0.346 e. The Bertz CT molecular complexity index is 1210. The first-order valence-electron chi connectivity index (χ1n) is 14.5. The van der Waals surface area contributed by atoms with E-state index in [-0.39, 0.29) is 24.3 Å². The van der Waals surface area contributed by atoms with Crippen molar-refractivity contribution in [3.8, 4) is 5.69 Å². The smallest absolute Gasteiger partial charge is 0.253 e. The average Bonchev–Trinajstić information content (AvgIpc) is 3.60. The Labute approximate surface area is 228 Å². The molecule has 6 aliphatic rings. The molecular formula is C29H38N4O6. The van der Waals surface area contributed by atoms with E-state index >= 15 is 0 Å². The van der Waals surface area contributed by atoms with Gasteiger partial charge >= 0.3 is 0 Å². The molecule has 5 saturated heterocycles. The van der Waals surface area contributed by atoms with Crippen molar-refractivity contribution in [2.24, 2.45) is 23.7 Å². The molecule has 6 fully saturated rings. The maximum absolute atomic E-state index is 12.6. The highest BCUT2D eigenvalue weighted by molar-refractivity contribution is 5.94. The Hall–Kier alpha value is -2.37. The summed E-state index contributed by atoms with van der Waals surface area (Å²) in [5.74, 6) is 0.438. The van der Waals surface area contributed by atoms with Crippen molar-refractivity contribution >= 4 is 5.91 Å². The van der Waals surface area contributed by atoms with E-state index in [1.54, 1.807) is 4.68 Å². The summed E-state index contributed by atoms with van der Waals surface area (Å²) in [5.41, 5.74) is 1.64. The molecule has 0 radical (unpaired) electrons. The van der Waals surface area contributed by atoms with E-state index in [1.807, 2.05) is 42.3 Å². The Kier molecular flexibility index (Phi) is 6.31. The first kappa shape index (κ1) is 25.6. The zero-order chi connectivity index (χ0) is 26.8. The number of nitrogens with zero attached hydrogens (tertiary/aromatic N) is 4. The standard InChI is InChI=1S/C29H38N4O6/c1-18-6-11-24-19(2)26(36-27-29(24)23(18)12-13-28(3,37-27)38-39-29)35-17-21-16-33(31-30-21)22-9-7-20(8-10-22)25(34)32-14-4-5-15-32/h7-10,16,18-19,23-24,26-27H,4-6,11-15,17H2,1-3H3/t18-,19-,23+,24+,26+,27-,28-,29-/m1/s1. The summed E-state index contributed by atoms with van der Waals surface area (Å²) >= 11 is 0. The van der Waals surface area contributed by atoms with E-state index in [0.29, 0.717) is 23.1 Å². The van der Waals surface area contributed by atoms with Gasteiger partial charge in [-0.3, -0.25) is 4.79 Å². The van der Waals surface area contributed by atoms with Gasteiger partial charge in [-0.05, 0) is 75.1 Å². The molecular weight excluding hydrogens is 500 g/mol. The highest BCUT2D eigenvalue weighted by Crippen LogP contribution is 2.60. The lowest BCUT2D eigenvalue weighted by Gasteiger charge is -2.60. The Morgan fingerprint density at radius 2 is 1.87 bits per heavy atom. The molecule has 2 aromatic rings. The fourth-order valence-corrected chi connectivity index (χ4v) is 7.58. The van der Waals surface area contributed by atoms with Crippen LogP contribution >= 0.6 is 0 Å². The van der Waals surface area contributed by atoms with Crippen LogP contribution in [0.3, 0.4) is 0 Å². The monoisotopic (exact) mass is 538 g/mol. The number of benzene rings is 1. The van der Waals surface area contributed by atoms with Crippen LogP contribution in [0.15, 0.2) is 30.5 Å². The third-order valence-electron chi connectivity index (χ3n) is 9.81. The van der Waals surface area contributed by atoms with Crippen molar-refractivity contribution in [3.05, 3.63) is 41.7 Å². The summed E-state index contributed by atoms with van der Waals surface area (Å²) in [4.78, 5) is 26.7. The molecule has 10 nitrogen and oxygen atoms in total. The van der Waals surface area contributed by atoms with E-state index in [9.17, 15) is 4.79 Å². The summed E-state index contributed by atoms with van der Waals surface area (Å²) in [7, 11) is 0. The minimum Gasteiger partial charge on any atom is -0.346 e. The van der Waals surface area contributed by atoms with E-state index in [1.165, 1.54) is 0 Å². The van der Waals surface area contributed by atoms with Gasteiger partial charge in [0, 0.05) is 36.9 Å². The van der Waals surface area contributed by atoms with Crippen molar-refractivity contribution in [2.45, 2.75) is 89.9 Å². The van der Waals surface area contributed by atoms with E-state index in [0.717, 1.165) is 57.3 Å². The summed E-state index contributed by atoms with van der Waals surface area (Å²) in [6.45, 7) is 8.36. The number of hydrogen-bond acceptors (Lipinski definition) is 8. The molecule has 10 heteroatoms. The highest BCUT2D eigenvalue weighted by atomic mass is 17.3. The number of rotatable bonds is 5. The number of likely N-dealkylation sites (tertiary alicyclic amines) is 1. The van der Waals surface area contributed by atoms with Crippen LogP contribution in [0, 0.1) is 23.7 Å². The molecule has 1 aromatic heterocycles. The Morgan fingerprint density at radius 3 is 2.67 bits per heavy atom.